The summed E-state index contributed by atoms with van der Waals surface area (Å²) >= 11 is 0. The molecule has 5 nitrogen and oxygen atoms in total. The van der Waals surface area contributed by atoms with Gasteiger partial charge in [0.1, 0.15) is 11.5 Å². The van der Waals surface area contributed by atoms with Crippen LogP contribution < -0.4 is 5.32 Å². The van der Waals surface area contributed by atoms with Crippen LogP contribution in [-0.2, 0) is 13.2 Å². The van der Waals surface area contributed by atoms with E-state index in [9.17, 15) is 18.3 Å². The van der Waals surface area contributed by atoms with Gasteiger partial charge in [0.15, 0.2) is 0 Å². The Balaban J connectivity index is 1.84. The summed E-state index contributed by atoms with van der Waals surface area (Å²) in [6.45, 7) is 0. The van der Waals surface area contributed by atoms with Crippen molar-refractivity contribution in [3.05, 3.63) is 41.9 Å². The molecule has 0 saturated heterocycles. The molecule has 1 fully saturated rings. The fraction of sp³-hybridized carbons (Fsp3) is 0.467. The van der Waals surface area contributed by atoms with E-state index in [1.807, 2.05) is 6.20 Å². The maximum Gasteiger partial charge on any atom is 0.433 e. The third-order valence-corrected chi connectivity index (χ3v) is 4.05. The van der Waals surface area contributed by atoms with Crippen molar-refractivity contribution in [3.8, 4) is 0 Å². The highest BCUT2D eigenvalue weighted by Crippen LogP contribution is 2.40. The number of aliphatic hydroxyl groups excluding tert-OH is 1. The fourth-order valence-corrected chi connectivity index (χ4v) is 2.81. The van der Waals surface area contributed by atoms with Gasteiger partial charge in [0.25, 0.3) is 0 Å². The van der Waals surface area contributed by atoms with E-state index in [4.69, 9.17) is 0 Å². The van der Waals surface area contributed by atoms with Crippen LogP contribution in [0.3, 0.4) is 0 Å². The molecule has 0 amide bonds. The number of alkyl halides is 3. The van der Waals surface area contributed by atoms with Gasteiger partial charge < -0.3 is 10.4 Å². The molecule has 1 aliphatic rings. The van der Waals surface area contributed by atoms with Gasteiger partial charge in [-0.25, -0.2) is 4.98 Å². The lowest BCUT2D eigenvalue weighted by Gasteiger charge is -2.38. The first-order valence-electron chi connectivity index (χ1n) is 7.30. The SMILES string of the molecule is Cn1cc([C@@H](Nc2cccc(C(F)(F)F)n2)C2CC(O)C2)cn1. The van der Waals surface area contributed by atoms with Crippen LogP contribution in [0, 0.1) is 5.92 Å². The van der Waals surface area contributed by atoms with Gasteiger partial charge >= 0.3 is 6.18 Å². The molecule has 2 aromatic heterocycles. The first-order chi connectivity index (χ1) is 10.8. The van der Waals surface area contributed by atoms with E-state index in [-0.39, 0.29) is 23.9 Å². The van der Waals surface area contributed by atoms with Crippen molar-refractivity contribution in [2.75, 3.05) is 5.32 Å². The molecular formula is C15H17F3N4O. The number of nitrogens with zero attached hydrogens (tertiary/aromatic N) is 3. The highest BCUT2D eigenvalue weighted by molar-refractivity contribution is 5.39. The molecule has 3 rings (SSSR count). The standard InChI is InChI=1S/C15H17F3N4O/c1-22-8-10(7-19-22)14(9-5-11(23)6-9)21-13-4-2-3-12(20-13)15(16,17)18/h2-4,7-9,11,14,23H,5-6H2,1H3,(H,20,21)/t9?,11?,14-/m0/s1. The number of pyridine rings is 1. The first-order valence-corrected chi connectivity index (χ1v) is 7.30. The predicted octanol–water partition coefficient (Wildman–Crippen LogP) is 2.76. The summed E-state index contributed by atoms with van der Waals surface area (Å²) in [5.41, 5.74) is -0.0651. The summed E-state index contributed by atoms with van der Waals surface area (Å²) < 4.78 is 40.0. The van der Waals surface area contributed by atoms with Gasteiger partial charge in [0.2, 0.25) is 0 Å². The van der Waals surface area contributed by atoms with E-state index in [0.717, 1.165) is 11.6 Å². The minimum atomic E-state index is -4.48. The van der Waals surface area contributed by atoms with Gasteiger partial charge in [-0.2, -0.15) is 18.3 Å². The van der Waals surface area contributed by atoms with Gasteiger partial charge in [-0.3, -0.25) is 4.68 Å². The molecule has 0 bridgehead atoms. The number of aryl methyl sites for hydroxylation is 1. The molecule has 0 spiro atoms. The van der Waals surface area contributed by atoms with Gasteiger partial charge in [-0.05, 0) is 30.9 Å². The summed E-state index contributed by atoms with van der Waals surface area (Å²) in [6.07, 6.45) is -0.132. The lowest BCUT2D eigenvalue weighted by molar-refractivity contribution is -0.141. The van der Waals surface area contributed by atoms with Gasteiger partial charge in [-0.15, -0.1) is 0 Å². The fourth-order valence-electron chi connectivity index (χ4n) is 2.81. The molecule has 124 valence electrons. The molecule has 1 aliphatic carbocycles. The topological polar surface area (TPSA) is 63.0 Å². The molecule has 0 unspecified atom stereocenters. The Labute approximate surface area is 131 Å². The predicted molar refractivity (Wildman–Crippen MR) is 77.5 cm³/mol. The number of hydrogen-bond donors (Lipinski definition) is 2. The lowest BCUT2D eigenvalue weighted by atomic mass is 9.75. The molecule has 0 radical (unpaired) electrons. The number of halogens is 3. The second-order valence-electron chi connectivity index (χ2n) is 5.86. The Bertz CT molecular complexity index is 679. The molecule has 23 heavy (non-hydrogen) atoms. The van der Waals surface area contributed by atoms with Crippen LogP contribution in [0.25, 0.3) is 0 Å². The number of aromatic nitrogens is 3. The molecule has 2 heterocycles. The summed E-state index contributed by atoms with van der Waals surface area (Å²) in [6, 6.07) is 3.54. The highest BCUT2D eigenvalue weighted by Gasteiger charge is 2.36. The maximum atomic E-state index is 12.8. The monoisotopic (exact) mass is 326 g/mol. The van der Waals surface area contributed by atoms with Crippen molar-refractivity contribution in [1.82, 2.24) is 14.8 Å². The Kier molecular flexibility index (Phi) is 4.01. The van der Waals surface area contributed by atoms with Crippen LogP contribution >= 0.6 is 0 Å². The van der Waals surface area contributed by atoms with E-state index in [0.29, 0.717) is 12.8 Å². The first kappa shape index (κ1) is 15.8. The summed E-state index contributed by atoms with van der Waals surface area (Å²) in [5.74, 6) is 0.292. The zero-order valence-corrected chi connectivity index (χ0v) is 12.5. The Hall–Kier alpha value is -2.09. The average Bonchev–Trinajstić information content (AvgIpc) is 2.88. The van der Waals surface area contributed by atoms with E-state index >= 15 is 0 Å². The molecule has 2 N–H and O–H groups in total. The van der Waals surface area contributed by atoms with E-state index in [1.165, 1.54) is 12.1 Å². The zero-order valence-electron chi connectivity index (χ0n) is 12.5. The van der Waals surface area contributed by atoms with Gasteiger partial charge in [-0.1, -0.05) is 6.07 Å². The zero-order chi connectivity index (χ0) is 16.6. The van der Waals surface area contributed by atoms with Crippen molar-refractivity contribution in [2.45, 2.75) is 31.2 Å². The van der Waals surface area contributed by atoms with Crippen LogP contribution in [0.5, 0.6) is 0 Å². The quantitative estimate of drug-likeness (QED) is 0.907. The van der Waals surface area contributed by atoms with Crippen LogP contribution in [0.2, 0.25) is 0 Å². The number of rotatable bonds is 4. The van der Waals surface area contributed by atoms with Crippen LogP contribution in [0.15, 0.2) is 30.6 Å². The number of aliphatic hydroxyl groups is 1. The minimum absolute atomic E-state index is 0.130. The minimum Gasteiger partial charge on any atom is -0.393 e. The maximum absolute atomic E-state index is 12.8. The third-order valence-electron chi connectivity index (χ3n) is 4.05. The molecule has 0 aliphatic heterocycles. The van der Waals surface area contributed by atoms with Crippen LogP contribution in [0.4, 0.5) is 19.0 Å². The molecule has 8 heteroatoms. The second kappa shape index (κ2) is 5.84. The number of anilines is 1. The lowest BCUT2D eigenvalue weighted by Crippen LogP contribution is -2.36. The van der Waals surface area contributed by atoms with Gasteiger partial charge in [0.05, 0.1) is 18.3 Å². The molecule has 1 saturated carbocycles. The third kappa shape index (κ3) is 3.47. The largest absolute Gasteiger partial charge is 0.433 e. The van der Waals surface area contributed by atoms with Crippen molar-refractivity contribution in [1.29, 1.82) is 0 Å². The molecule has 0 aromatic carbocycles. The molecule has 2 aromatic rings. The number of nitrogens with one attached hydrogen (secondary N) is 1. The Morgan fingerprint density at radius 2 is 2.09 bits per heavy atom. The number of hydrogen-bond acceptors (Lipinski definition) is 4. The van der Waals surface area contributed by atoms with Gasteiger partial charge in [0, 0.05) is 18.8 Å². The smallest absolute Gasteiger partial charge is 0.393 e. The van der Waals surface area contributed by atoms with E-state index < -0.39 is 11.9 Å². The highest BCUT2D eigenvalue weighted by atomic mass is 19.4. The second-order valence-corrected chi connectivity index (χ2v) is 5.86. The summed E-state index contributed by atoms with van der Waals surface area (Å²) in [5, 5.41) is 16.7. The average molecular weight is 326 g/mol. The van der Waals surface area contributed by atoms with Crippen molar-refractivity contribution in [2.24, 2.45) is 13.0 Å². The van der Waals surface area contributed by atoms with E-state index in [1.54, 1.807) is 17.9 Å². The summed E-state index contributed by atoms with van der Waals surface area (Å²) in [7, 11) is 1.78. The van der Waals surface area contributed by atoms with Crippen molar-refractivity contribution >= 4 is 5.82 Å². The van der Waals surface area contributed by atoms with Crippen molar-refractivity contribution < 1.29 is 18.3 Å². The molecule has 1 atom stereocenters. The van der Waals surface area contributed by atoms with Crippen molar-refractivity contribution in [3.63, 3.8) is 0 Å². The summed E-state index contributed by atoms with van der Waals surface area (Å²) in [4.78, 5) is 3.65. The Morgan fingerprint density at radius 3 is 2.65 bits per heavy atom. The van der Waals surface area contributed by atoms with E-state index in [2.05, 4.69) is 15.4 Å². The molecular weight excluding hydrogens is 309 g/mol. The Morgan fingerprint density at radius 1 is 1.35 bits per heavy atom. The normalized spacial score (nSPS) is 22.5. The van der Waals surface area contributed by atoms with Crippen LogP contribution in [0.1, 0.15) is 30.1 Å². The van der Waals surface area contributed by atoms with Crippen LogP contribution in [-0.4, -0.2) is 26.0 Å².